The van der Waals surface area contributed by atoms with Gasteiger partial charge in [-0.1, -0.05) is 55.5 Å². The Labute approximate surface area is 226 Å². The Kier molecular flexibility index (Phi) is 6.61. The molecular weight excluding hydrogens is 468 g/mol. The summed E-state index contributed by atoms with van der Waals surface area (Å²) in [4.78, 5) is 15.7. The lowest BCUT2D eigenvalue weighted by Gasteiger charge is -2.46. The molecule has 1 N–H and O–H groups in total. The van der Waals surface area contributed by atoms with E-state index in [4.69, 9.17) is 4.74 Å². The fourth-order valence-corrected chi connectivity index (χ4v) is 7.31. The molecule has 2 aliphatic carbocycles. The molecule has 1 spiro atoms. The van der Waals surface area contributed by atoms with Crippen LogP contribution in [0.4, 0.5) is 5.69 Å². The first kappa shape index (κ1) is 24.9. The van der Waals surface area contributed by atoms with Crippen LogP contribution in [0.1, 0.15) is 71.1 Å². The van der Waals surface area contributed by atoms with Crippen LogP contribution < -0.4 is 10.1 Å². The quantitative estimate of drug-likeness (QED) is 0.398. The zero-order chi connectivity index (χ0) is 26.3. The Balaban J connectivity index is 1.10. The number of amides is 1. The van der Waals surface area contributed by atoms with Gasteiger partial charge in [0.05, 0.1) is 7.11 Å². The molecule has 2 fully saturated rings. The van der Waals surface area contributed by atoms with E-state index < -0.39 is 0 Å². The van der Waals surface area contributed by atoms with Crippen LogP contribution in [0.3, 0.4) is 0 Å². The van der Waals surface area contributed by atoms with Crippen molar-refractivity contribution in [1.29, 1.82) is 0 Å². The Bertz CT molecular complexity index is 1380. The number of nitrogens with zero attached hydrogens (tertiary/aromatic N) is 1. The van der Waals surface area contributed by atoms with Gasteiger partial charge in [-0.25, -0.2) is 0 Å². The number of fused-ring (bicyclic) bond motifs is 2. The summed E-state index contributed by atoms with van der Waals surface area (Å²) < 4.78 is 5.27. The van der Waals surface area contributed by atoms with E-state index >= 15 is 0 Å². The largest absolute Gasteiger partial charge is 0.497 e. The average molecular weight is 507 g/mol. The SMILES string of the molecule is COc1cccc(NC(=O)c2ccc(C3CCC(N4CCC5(C=Cc6ccccc65)[C@@H](C)C4)C3)c(C)c2)c1. The molecular formula is C34H38N2O2. The van der Waals surface area contributed by atoms with Crippen molar-refractivity contribution < 1.29 is 9.53 Å². The molecule has 3 aliphatic rings. The highest BCUT2D eigenvalue weighted by molar-refractivity contribution is 6.04. The Hall–Kier alpha value is -3.37. The van der Waals surface area contributed by atoms with Crippen molar-refractivity contribution in [2.45, 2.75) is 56.9 Å². The van der Waals surface area contributed by atoms with Gasteiger partial charge in [0.1, 0.15) is 5.75 Å². The van der Waals surface area contributed by atoms with Gasteiger partial charge < -0.3 is 15.0 Å². The van der Waals surface area contributed by atoms with Gasteiger partial charge in [0.2, 0.25) is 0 Å². The van der Waals surface area contributed by atoms with Crippen LogP contribution in [-0.2, 0) is 5.41 Å². The number of aryl methyl sites for hydroxylation is 1. The Morgan fingerprint density at radius 3 is 2.74 bits per heavy atom. The molecule has 1 saturated carbocycles. The highest BCUT2D eigenvalue weighted by Crippen LogP contribution is 2.48. The molecule has 6 rings (SSSR count). The molecule has 4 nitrogen and oxygen atoms in total. The lowest BCUT2D eigenvalue weighted by atomic mass is 9.68. The van der Waals surface area contributed by atoms with Crippen LogP contribution in [-0.4, -0.2) is 37.0 Å². The van der Waals surface area contributed by atoms with Crippen molar-refractivity contribution in [2.75, 3.05) is 25.5 Å². The number of nitrogens with one attached hydrogen (secondary N) is 1. The topological polar surface area (TPSA) is 41.6 Å². The molecule has 3 aromatic carbocycles. The third-order valence-corrected chi connectivity index (χ3v) is 9.44. The number of anilines is 1. The molecule has 0 bridgehead atoms. The highest BCUT2D eigenvalue weighted by atomic mass is 16.5. The number of piperidine rings is 1. The number of rotatable bonds is 5. The van der Waals surface area contributed by atoms with E-state index in [-0.39, 0.29) is 11.3 Å². The molecule has 4 heteroatoms. The molecule has 1 heterocycles. The molecule has 0 aromatic heterocycles. The van der Waals surface area contributed by atoms with Gasteiger partial charge in [-0.2, -0.15) is 0 Å². The van der Waals surface area contributed by atoms with Crippen molar-refractivity contribution in [3.05, 3.63) is 101 Å². The standard InChI is InChI=1S/C34H38N2O2/c1-23-19-27(33(37)35-28-8-6-9-30(21-28)38-3)12-14-31(23)26-11-13-29(20-26)36-18-17-34(24(2)22-36)16-15-25-7-4-5-10-32(25)34/h4-10,12,14-16,19,21,24,26,29H,11,13,17-18,20,22H2,1-3H3,(H,35,37)/t24-,26?,29?,34?/m0/s1. The second-order valence-corrected chi connectivity index (χ2v) is 11.5. The van der Waals surface area contributed by atoms with Crippen LogP contribution in [0.5, 0.6) is 5.75 Å². The number of hydrogen-bond acceptors (Lipinski definition) is 3. The van der Waals surface area contributed by atoms with E-state index in [1.807, 2.05) is 30.3 Å². The van der Waals surface area contributed by atoms with E-state index in [1.54, 1.807) is 7.11 Å². The minimum atomic E-state index is -0.0871. The molecule has 1 saturated heterocycles. The number of ether oxygens (including phenoxy) is 1. The van der Waals surface area contributed by atoms with Crippen molar-refractivity contribution in [3.8, 4) is 5.75 Å². The van der Waals surface area contributed by atoms with Gasteiger partial charge in [-0.05, 0) is 97.5 Å². The monoisotopic (exact) mass is 506 g/mol. The second kappa shape index (κ2) is 10.1. The first-order valence-corrected chi connectivity index (χ1v) is 14.1. The predicted octanol–water partition coefficient (Wildman–Crippen LogP) is 7.20. The third-order valence-electron chi connectivity index (χ3n) is 9.44. The minimum absolute atomic E-state index is 0.0871. The Morgan fingerprint density at radius 1 is 1.05 bits per heavy atom. The molecule has 1 aliphatic heterocycles. The third kappa shape index (κ3) is 4.45. The number of carbonyl (C=O) groups excluding carboxylic acids is 1. The van der Waals surface area contributed by atoms with Crippen LogP contribution in [0.2, 0.25) is 0 Å². The van der Waals surface area contributed by atoms with Gasteiger partial charge >= 0.3 is 0 Å². The van der Waals surface area contributed by atoms with E-state index in [0.717, 1.165) is 11.4 Å². The van der Waals surface area contributed by atoms with Crippen molar-refractivity contribution in [3.63, 3.8) is 0 Å². The van der Waals surface area contributed by atoms with Gasteiger partial charge in [-0.15, -0.1) is 0 Å². The number of benzene rings is 3. The summed E-state index contributed by atoms with van der Waals surface area (Å²) in [6, 6.07) is 23.3. The molecule has 1 amide bonds. The van der Waals surface area contributed by atoms with E-state index in [2.05, 4.69) is 72.6 Å². The summed E-state index contributed by atoms with van der Waals surface area (Å²) in [5.74, 6) is 1.82. The van der Waals surface area contributed by atoms with Crippen LogP contribution >= 0.6 is 0 Å². The molecule has 4 atom stereocenters. The lowest BCUT2D eigenvalue weighted by molar-refractivity contribution is 0.0898. The number of methoxy groups -OCH3 is 1. The maximum atomic E-state index is 12.9. The number of allylic oxidation sites excluding steroid dienone is 1. The summed E-state index contributed by atoms with van der Waals surface area (Å²) in [6.45, 7) is 6.94. The average Bonchev–Trinajstić information content (AvgIpc) is 3.57. The van der Waals surface area contributed by atoms with Crippen LogP contribution in [0.25, 0.3) is 6.08 Å². The predicted molar refractivity (Wildman–Crippen MR) is 155 cm³/mol. The zero-order valence-corrected chi connectivity index (χ0v) is 22.7. The normalized spacial score (nSPS) is 26.4. The smallest absolute Gasteiger partial charge is 0.255 e. The maximum absolute atomic E-state index is 12.9. The highest BCUT2D eigenvalue weighted by Gasteiger charge is 2.45. The molecule has 0 radical (unpaired) electrons. The first-order valence-electron chi connectivity index (χ1n) is 14.1. The molecule has 196 valence electrons. The second-order valence-electron chi connectivity index (χ2n) is 11.5. The van der Waals surface area contributed by atoms with Crippen LogP contribution in [0, 0.1) is 12.8 Å². The van der Waals surface area contributed by atoms with Crippen molar-refractivity contribution in [1.82, 2.24) is 4.90 Å². The Morgan fingerprint density at radius 2 is 1.92 bits per heavy atom. The van der Waals surface area contributed by atoms with E-state index in [9.17, 15) is 4.79 Å². The zero-order valence-electron chi connectivity index (χ0n) is 22.7. The van der Waals surface area contributed by atoms with E-state index in [0.29, 0.717) is 23.4 Å². The molecule has 3 aromatic rings. The molecule has 3 unspecified atom stereocenters. The van der Waals surface area contributed by atoms with Gasteiger partial charge in [0, 0.05) is 35.3 Å². The van der Waals surface area contributed by atoms with Crippen LogP contribution in [0.15, 0.2) is 72.8 Å². The van der Waals surface area contributed by atoms with Gasteiger partial charge in [0.25, 0.3) is 5.91 Å². The van der Waals surface area contributed by atoms with Gasteiger partial charge in [0.15, 0.2) is 0 Å². The molecule has 38 heavy (non-hydrogen) atoms. The summed E-state index contributed by atoms with van der Waals surface area (Å²) in [5, 5.41) is 3.00. The van der Waals surface area contributed by atoms with Crippen molar-refractivity contribution >= 4 is 17.7 Å². The fourth-order valence-electron chi connectivity index (χ4n) is 7.31. The summed E-state index contributed by atoms with van der Waals surface area (Å²) in [6.07, 6.45) is 9.73. The summed E-state index contributed by atoms with van der Waals surface area (Å²) in [7, 11) is 1.63. The number of hydrogen-bond donors (Lipinski definition) is 1. The summed E-state index contributed by atoms with van der Waals surface area (Å²) >= 11 is 0. The lowest BCUT2D eigenvalue weighted by Crippen LogP contribution is -2.50. The van der Waals surface area contributed by atoms with E-state index in [1.165, 1.54) is 61.0 Å². The van der Waals surface area contributed by atoms with Gasteiger partial charge in [-0.3, -0.25) is 4.79 Å². The number of likely N-dealkylation sites (tertiary alicyclic amines) is 1. The van der Waals surface area contributed by atoms with Crippen molar-refractivity contribution in [2.24, 2.45) is 5.92 Å². The minimum Gasteiger partial charge on any atom is -0.497 e. The first-order chi connectivity index (χ1) is 18.5. The summed E-state index contributed by atoms with van der Waals surface area (Å²) in [5.41, 5.74) is 7.20. The fraction of sp³-hybridized carbons (Fsp3) is 0.382. The maximum Gasteiger partial charge on any atom is 0.255 e. The number of carbonyl (C=O) groups is 1.